The molecule has 0 spiro atoms. The molecule has 0 unspecified atom stereocenters. The maximum atomic E-state index is 2.85. The Bertz CT molecular complexity index is 2190. The van der Waals surface area contributed by atoms with E-state index in [1.807, 2.05) is 0 Å². The first-order valence-corrected chi connectivity index (χ1v) is 27.1. The molecule has 0 bridgehead atoms. The van der Waals surface area contributed by atoms with Gasteiger partial charge in [-0.25, -0.2) is 0 Å². The van der Waals surface area contributed by atoms with Gasteiger partial charge in [-0.1, -0.05) is 243 Å². The highest BCUT2D eigenvalue weighted by Gasteiger charge is 2.29. The normalized spacial score (nSPS) is 11.7. The van der Waals surface area contributed by atoms with E-state index in [1.54, 1.807) is 0 Å². The van der Waals surface area contributed by atoms with Gasteiger partial charge in [-0.3, -0.25) is 0 Å². The summed E-state index contributed by atoms with van der Waals surface area (Å²) < 4.78 is 0. The van der Waals surface area contributed by atoms with Gasteiger partial charge in [0, 0.05) is 0 Å². The molecular weight excluding hydrogens is 772 g/mol. The molecule has 0 fully saturated rings. The lowest BCUT2D eigenvalue weighted by atomic mass is 10.4. The van der Waals surface area contributed by atoms with Crippen LogP contribution in [0.15, 0.2) is 243 Å². The van der Waals surface area contributed by atoms with Crippen molar-refractivity contribution in [2.24, 2.45) is 0 Å². The molecule has 0 saturated heterocycles. The molecule has 0 nitrogen and oxygen atoms in total. The lowest BCUT2D eigenvalue weighted by Gasteiger charge is -2.33. The third-order valence-electron chi connectivity index (χ3n) is 10.9. The second-order valence-corrected chi connectivity index (χ2v) is 26.4. The van der Waals surface area contributed by atoms with E-state index in [9.17, 15) is 0 Å². The van der Waals surface area contributed by atoms with Crippen LogP contribution in [0, 0.1) is 0 Å². The highest BCUT2D eigenvalue weighted by molar-refractivity contribution is 8.05. The predicted octanol–water partition coefficient (Wildman–Crippen LogP) is 10.9. The third kappa shape index (κ3) is 9.24. The van der Waals surface area contributed by atoms with Crippen molar-refractivity contribution in [1.29, 1.82) is 0 Å². The SMILES string of the molecule is C(P(c1ccccc1)c1ccccc1)=P(CCCCP(=CP(c1ccccc1)c1ccccc1)(c1ccccc1)c1ccccc1)(c1ccccc1)c1ccccc1. The molecule has 0 amide bonds. The van der Waals surface area contributed by atoms with E-state index in [1.165, 1.54) is 42.4 Å². The monoisotopic (exact) mass is 822 g/mol. The van der Waals surface area contributed by atoms with Gasteiger partial charge in [-0.15, -0.1) is 0 Å². The molecule has 58 heavy (non-hydrogen) atoms. The highest BCUT2D eigenvalue weighted by Crippen LogP contribution is 2.54. The minimum atomic E-state index is -2.03. The van der Waals surface area contributed by atoms with Gasteiger partial charge in [0.05, 0.1) is 0 Å². The predicted molar refractivity (Wildman–Crippen MR) is 267 cm³/mol. The first-order chi connectivity index (χ1) is 28.8. The Morgan fingerprint density at radius 3 is 0.655 bits per heavy atom. The topological polar surface area (TPSA) is 0 Å². The summed E-state index contributed by atoms with van der Waals surface area (Å²) in [5.41, 5.74) is 5.70. The summed E-state index contributed by atoms with van der Waals surface area (Å²) in [5, 5.41) is 11.5. The van der Waals surface area contributed by atoms with E-state index in [-0.39, 0.29) is 0 Å². The first kappa shape index (κ1) is 40.0. The molecule has 0 saturated carbocycles. The van der Waals surface area contributed by atoms with E-state index >= 15 is 0 Å². The van der Waals surface area contributed by atoms with Crippen LogP contribution in [0.2, 0.25) is 0 Å². The molecule has 8 aromatic rings. The smallest absolute Gasteiger partial charge is 0.0156 e. The van der Waals surface area contributed by atoms with Gasteiger partial charge < -0.3 is 0 Å². The minimum absolute atomic E-state index is 0.737. The van der Waals surface area contributed by atoms with Crippen LogP contribution in [-0.2, 0) is 0 Å². The minimum Gasteiger partial charge on any atom is -0.0622 e. The Labute approximate surface area is 349 Å². The second kappa shape index (κ2) is 19.8. The molecular formula is C54H50P4. The van der Waals surface area contributed by atoms with Gasteiger partial charge in [-0.05, 0) is 108 Å². The summed E-state index contributed by atoms with van der Waals surface area (Å²) >= 11 is 0. The first-order valence-electron chi connectivity index (χ1n) is 20.2. The van der Waals surface area contributed by atoms with Crippen LogP contribution in [0.5, 0.6) is 0 Å². The number of unbranched alkanes of at least 4 members (excludes halogenated alkanes) is 1. The Hall–Kier alpha value is -4.78. The average Bonchev–Trinajstić information content (AvgIpc) is 3.32. The molecule has 8 rings (SSSR count). The van der Waals surface area contributed by atoms with Crippen molar-refractivity contribution >= 4 is 83.1 Å². The van der Waals surface area contributed by atoms with E-state index in [0.29, 0.717) is 0 Å². The Morgan fingerprint density at radius 1 is 0.259 bits per heavy atom. The van der Waals surface area contributed by atoms with Crippen molar-refractivity contribution in [2.45, 2.75) is 12.8 Å². The summed E-state index contributed by atoms with van der Waals surface area (Å²) in [6, 6.07) is 90.9. The van der Waals surface area contributed by atoms with E-state index in [2.05, 4.69) is 254 Å². The second-order valence-electron chi connectivity index (χ2n) is 14.5. The zero-order valence-electron chi connectivity index (χ0n) is 32.9. The summed E-state index contributed by atoms with van der Waals surface area (Å²) in [4.78, 5) is 0. The lowest BCUT2D eigenvalue weighted by molar-refractivity contribution is 0.900. The quantitative estimate of drug-likeness (QED) is 0.0714. The van der Waals surface area contributed by atoms with Gasteiger partial charge in [0.15, 0.2) is 0 Å². The average molecular weight is 823 g/mol. The van der Waals surface area contributed by atoms with E-state index in [4.69, 9.17) is 0 Å². The van der Waals surface area contributed by atoms with Crippen LogP contribution >= 0.6 is 29.6 Å². The zero-order chi connectivity index (χ0) is 39.3. The van der Waals surface area contributed by atoms with Crippen LogP contribution < -0.4 is 42.4 Å². The molecule has 0 aromatic heterocycles. The van der Waals surface area contributed by atoms with Gasteiger partial charge in [0.25, 0.3) is 0 Å². The number of benzene rings is 8. The third-order valence-corrected chi connectivity index (χ3v) is 26.2. The standard InChI is InChI=1S/C54H50P4/c1-9-27-47(28-10-1)55(48-29-11-2-12-30-48)45-57(51-35-17-5-18-36-51,52-37-19-6-20-38-52)43-25-26-44-58(53-39-21-7-22-40-53,54-41-23-8-24-42-54)46-56(49-31-13-3-14-32-49)50-33-15-4-16-34-50/h1-24,27-42,45-46H,25-26,43-44H2. The Morgan fingerprint density at radius 2 is 0.448 bits per heavy atom. The van der Waals surface area contributed by atoms with Crippen molar-refractivity contribution in [2.75, 3.05) is 12.3 Å². The molecule has 0 heterocycles. The maximum absolute atomic E-state index is 2.85. The lowest BCUT2D eigenvalue weighted by Crippen LogP contribution is -2.24. The van der Waals surface area contributed by atoms with Crippen LogP contribution in [-0.4, -0.2) is 23.4 Å². The molecule has 8 aromatic carbocycles. The molecule has 0 N–H and O–H groups in total. The molecule has 0 aliphatic heterocycles. The number of rotatable bonds is 15. The summed E-state index contributed by atoms with van der Waals surface area (Å²) in [7, 11) is -1.47. The van der Waals surface area contributed by atoms with Crippen LogP contribution in [0.25, 0.3) is 0 Å². The Kier molecular flexibility index (Phi) is 13.6. The fourth-order valence-corrected chi connectivity index (χ4v) is 24.8. The van der Waals surface area contributed by atoms with E-state index in [0.717, 1.165) is 25.2 Å². The van der Waals surface area contributed by atoms with Gasteiger partial charge in [0.2, 0.25) is 0 Å². The van der Waals surface area contributed by atoms with Crippen molar-refractivity contribution in [3.8, 4) is 0 Å². The van der Waals surface area contributed by atoms with Gasteiger partial charge >= 0.3 is 0 Å². The molecule has 0 atom stereocenters. The fraction of sp³-hybridized carbons (Fsp3) is 0.0741. The van der Waals surface area contributed by atoms with E-state index < -0.39 is 29.6 Å². The summed E-state index contributed by atoms with van der Waals surface area (Å²) in [6.45, 7) is -4.05. The van der Waals surface area contributed by atoms with Crippen LogP contribution in [0.1, 0.15) is 12.8 Å². The fourth-order valence-electron chi connectivity index (χ4n) is 8.01. The van der Waals surface area contributed by atoms with Gasteiger partial charge in [-0.2, -0.15) is 0 Å². The van der Waals surface area contributed by atoms with Gasteiger partial charge in [0.1, 0.15) is 0 Å². The molecule has 0 aliphatic carbocycles. The molecule has 0 radical (unpaired) electrons. The van der Waals surface area contributed by atoms with Crippen molar-refractivity contribution < 1.29 is 0 Å². The summed E-state index contributed by atoms with van der Waals surface area (Å²) in [5.74, 6) is 0. The largest absolute Gasteiger partial charge is 0.0622 e. The zero-order valence-corrected chi connectivity index (χ0v) is 36.4. The Balaban J connectivity index is 1.27. The van der Waals surface area contributed by atoms with Crippen LogP contribution in [0.4, 0.5) is 0 Å². The number of hydrogen-bond donors (Lipinski definition) is 0. The highest BCUT2D eigenvalue weighted by atomic mass is 31.2. The molecule has 286 valence electrons. The molecule has 4 heteroatoms. The van der Waals surface area contributed by atoms with Crippen molar-refractivity contribution in [3.05, 3.63) is 243 Å². The molecule has 0 aliphatic rings. The summed E-state index contributed by atoms with van der Waals surface area (Å²) in [6.07, 6.45) is 4.50. The van der Waals surface area contributed by atoms with Crippen molar-refractivity contribution in [3.63, 3.8) is 0 Å². The number of hydrogen-bond acceptors (Lipinski definition) is 0. The van der Waals surface area contributed by atoms with Crippen LogP contribution in [0.3, 0.4) is 0 Å². The van der Waals surface area contributed by atoms with Crippen molar-refractivity contribution in [1.82, 2.24) is 0 Å². The maximum Gasteiger partial charge on any atom is -0.0156 e.